The van der Waals surface area contributed by atoms with Crippen LogP contribution < -0.4 is 0 Å². The molecule has 1 unspecified atom stereocenters. The third kappa shape index (κ3) is 3.04. The molecule has 0 spiro atoms. The van der Waals surface area contributed by atoms with E-state index in [1.165, 1.54) is 4.31 Å². The summed E-state index contributed by atoms with van der Waals surface area (Å²) in [5.41, 5.74) is -0.271. The van der Waals surface area contributed by atoms with Crippen molar-refractivity contribution < 1.29 is 18.3 Å². The van der Waals surface area contributed by atoms with Gasteiger partial charge in [0.25, 0.3) is 0 Å². The number of carbonyl (C=O) groups is 1. The topological polar surface area (TPSA) is 74.7 Å². The summed E-state index contributed by atoms with van der Waals surface area (Å²) in [5, 5.41) is 8.93. The lowest BCUT2D eigenvalue weighted by Gasteiger charge is -2.23. The first kappa shape index (κ1) is 16.5. The second kappa shape index (κ2) is 6.12. The molecule has 116 valence electrons. The third-order valence-electron chi connectivity index (χ3n) is 3.63. The van der Waals surface area contributed by atoms with Crippen LogP contribution in [0.1, 0.15) is 36.5 Å². The van der Waals surface area contributed by atoms with E-state index in [0.717, 1.165) is 25.0 Å². The predicted octanol–water partition coefficient (Wildman–Crippen LogP) is 3.25. The zero-order valence-electron chi connectivity index (χ0n) is 11.3. The maximum atomic E-state index is 12.7. The summed E-state index contributed by atoms with van der Waals surface area (Å²) in [6.45, 7) is 2.34. The molecular formula is C13H15Cl2NO4S. The summed E-state index contributed by atoms with van der Waals surface area (Å²) in [6, 6.07) is 2.12. The van der Waals surface area contributed by atoms with Gasteiger partial charge in [0.05, 0.1) is 15.6 Å². The Balaban J connectivity index is 2.54. The molecule has 1 atom stereocenters. The lowest BCUT2D eigenvalue weighted by atomic mass is 10.2. The summed E-state index contributed by atoms with van der Waals surface area (Å²) in [7, 11) is -3.82. The van der Waals surface area contributed by atoms with Crippen LogP contribution in [-0.4, -0.2) is 36.4 Å². The number of rotatable bonds is 4. The summed E-state index contributed by atoms with van der Waals surface area (Å²) in [5.74, 6) is -1.29. The van der Waals surface area contributed by atoms with Gasteiger partial charge in [-0.05, 0) is 31.4 Å². The Morgan fingerprint density at radius 2 is 2.05 bits per heavy atom. The quantitative estimate of drug-likeness (QED) is 0.903. The van der Waals surface area contributed by atoms with Gasteiger partial charge in [-0.15, -0.1) is 0 Å². The van der Waals surface area contributed by atoms with Gasteiger partial charge < -0.3 is 5.11 Å². The highest BCUT2D eigenvalue weighted by molar-refractivity contribution is 7.89. The molecule has 0 aliphatic carbocycles. The van der Waals surface area contributed by atoms with Gasteiger partial charge in [0, 0.05) is 12.6 Å². The molecule has 1 aromatic carbocycles. The molecular weight excluding hydrogens is 337 g/mol. The number of aromatic carboxylic acids is 1. The minimum atomic E-state index is -3.82. The summed E-state index contributed by atoms with van der Waals surface area (Å²) < 4.78 is 26.8. The monoisotopic (exact) mass is 351 g/mol. The molecule has 0 bridgehead atoms. The fraction of sp³-hybridized carbons (Fsp3) is 0.462. The van der Waals surface area contributed by atoms with E-state index in [2.05, 4.69) is 0 Å². The van der Waals surface area contributed by atoms with Gasteiger partial charge in [-0.3, -0.25) is 0 Å². The number of carboxylic acids is 1. The lowest BCUT2D eigenvalue weighted by molar-refractivity contribution is 0.0697. The Morgan fingerprint density at radius 1 is 1.38 bits per heavy atom. The molecule has 1 aliphatic heterocycles. The van der Waals surface area contributed by atoms with E-state index in [9.17, 15) is 13.2 Å². The average molecular weight is 352 g/mol. The Labute approximate surface area is 133 Å². The molecule has 0 amide bonds. The number of sulfonamides is 1. The van der Waals surface area contributed by atoms with Crippen molar-refractivity contribution in [2.24, 2.45) is 0 Å². The van der Waals surface area contributed by atoms with Crippen molar-refractivity contribution in [2.45, 2.75) is 37.1 Å². The molecule has 5 nitrogen and oxygen atoms in total. The van der Waals surface area contributed by atoms with Crippen LogP contribution in [0.25, 0.3) is 0 Å². The summed E-state index contributed by atoms with van der Waals surface area (Å²) in [4.78, 5) is 10.9. The van der Waals surface area contributed by atoms with Crippen LogP contribution >= 0.6 is 23.2 Å². The van der Waals surface area contributed by atoms with Crippen LogP contribution in [0.2, 0.25) is 10.0 Å². The number of hydrogen-bond acceptors (Lipinski definition) is 3. The van der Waals surface area contributed by atoms with Crippen LogP contribution in [-0.2, 0) is 10.0 Å². The molecule has 21 heavy (non-hydrogen) atoms. The number of hydrogen-bond donors (Lipinski definition) is 1. The largest absolute Gasteiger partial charge is 0.478 e. The first-order valence-electron chi connectivity index (χ1n) is 6.53. The molecule has 1 fully saturated rings. The Morgan fingerprint density at radius 3 is 2.62 bits per heavy atom. The van der Waals surface area contributed by atoms with E-state index in [1.54, 1.807) is 0 Å². The summed E-state index contributed by atoms with van der Waals surface area (Å²) in [6.07, 6.45) is 2.29. The van der Waals surface area contributed by atoms with Gasteiger partial charge in [-0.25, -0.2) is 13.2 Å². The first-order valence-corrected chi connectivity index (χ1v) is 8.72. The fourth-order valence-electron chi connectivity index (χ4n) is 2.55. The SMILES string of the molecule is CCC1CCCN1S(=O)(=O)c1cc(C(=O)O)c(Cl)cc1Cl. The standard InChI is InChI=1S/C13H15Cl2NO4S/c1-2-8-4-3-5-16(8)21(19,20)12-6-9(13(17)18)10(14)7-11(12)15/h6-8H,2-5H2,1H3,(H,17,18). The van der Waals surface area contributed by atoms with E-state index in [4.69, 9.17) is 28.3 Å². The molecule has 0 radical (unpaired) electrons. The van der Waals surface area contributed by atoms with Crippen LogP contribution in [0.15, 0.2) is 17.0 Å². The van der Waals surface area contributed by atoms with Crippen LogP contribution in [0, 0.1) is 0 Å². The van der Waals surface area contributed by atoms with Gasteiger partial charge >= 0.3 is 5.97 Å². The first-order chi connectivity index (χ1) is 9.78. The molecule has 1 heterocycles. The molecule has 1 aromatic rings. The molecule has 0 saturated carbocycles. The number of halogens is 2. The van der Waals surface area contributed by atoms with Gasteiger partial charge in [0.1, 0.15) is 4.90 Å². The normalized spacial score (nSPS) is 19.9. The predicted molar refractivity (Wildman–Crippen MR) is 80.6 cm³/mol. The maximum absolute atomic E-state index is 12.7. The Bertz CT molecular complexity index is 675. The van der Waals surface area contributed by atoms with E-state index < -0.39 is 16.0 Å². The molecule has 2 rings (SSSR count). The van der Waals surface area contributed by atoms with Gasteiger partial charge in [-0.1, -0.05) is 30.1 Å². The minimum absolute atomic E-state index is 0.0632. The number of benzene rings is 1. The average Bonchev–Trinajstić information content (AvgIpc) is 2.86. The highest BCUT2D eigenvalue weighted by Crippen LogP contribution is 2.34. The van der Waals surface area contributed by atoms with E-state index in [0.29, 0.717) is 13.0 Å². The zero-order chi connectivity index (χ0) is 15.8. The third-order valence-corrected chi connectivity index (χ3v) is 6.36. The van der Waals surface area contributed by atoms with E-state index in [-0.39, 0.29) is 26.5 Å². The summed E-state index contributed by atoms with van der Waals surface area (Å²) >= 11 is 11.8. The number of nitrogens with zero attached hydrogens (tertiary/aromatic N) is 1. The molecule has 1 N–H and O–H groups in total. The lowest BCUT2D eigenvalue weighted by Crippen LogP contribution is -2.35. The van der Waals surface area contributed by atoms with Crippen molar-refractivity contribution in [3.63, 3.8) is 0 Å². The molecule has 8 heteroatoms. The van der Waals surface area contributed by atoms with Crippen molar-refractivity contribution in [3.8, 4) is 0 Å². The van der Waals surface area contributed by atoms with Crippen LogP contribution in [0.3, 0.4) is 0 Å². The van der Waals surface area contributed by atoms with Crippen molar-refractivity contribution >= 4 is 39.2 Å². The fourth-order valence-corrected chi connectivity index (χ4v) is 5.15. The second-order valence-corrected chi connectivity index (χ2v) is 7.56. The highest BCUT2D eigenvalue weighted by atomic mass is 35.5. The molecule has 1 saturated heterocycles. The molecule has 1 aliphatic rings. The van der Waals surface area contributed by atoms with Gasteiger partial charge in [-0.2, -0.15) is 4.31 Å². The highest BCUT2D eigenvalue weighted by Gasteiger charge is 2.36. The van der Waals surface area contributed by atoms with E-state index in [1.807, 2.05) is 6.92 Å². The molecule has 0 aromatic heterocycles. The maximum Gasteiger partial charge on any atom is 0.337 e. The smallest absolute Gasteiger partial charge is 0.337 e. The van der Waals surface area contributed by atoms with Crippen LogP contribution in [0.4, 0.5) is 0 Å². The van der Waals surface area contributed by atoms with Crippen LogP contribution in [0.5, 0.6) is 0 Å². The van der Waals surface area contributed by atoms with Crippen molar-refractivity contribution in [1.82, 2.24) is 4.31 Å². The van der Waals surface area contributed by atoms with Crippen molar-refractivity contribution in [1.29, 1.82) is 0 Å². The van der Waals surface area contributed by atoms with Crippen molar-refractivity contribution in [2.75, 3.05) is 6.54 Å². The Hall–Kier alpha value is -0.820. The van der Waals surface area contributed by atoms with Crippen molar-refractivity contribution in [3.05, 3.63) is 27.7 Å². The second-order valence-electron chi connectivity index (χ2n) is 4.89. The number of carboxylic acid groups (broad SMARTS) is 1. The van der Waals surface area contributed by atoms with E-state index >= 15 is 0 Å². The van der Waals surface area contributed by atoms with Gasteiger partial charge in [0.15, 0.2) is 0 Å². The minimum Gasteiger partial charge on any atom is -0.478 e. The zero-order valence-corrected chi connectivity index (χ0v) is 13.7. The Kier molecular flexibility index (Phi) is 4.82. The van der Waals surface area contributed by atoms with Gasteiger partial charge in [0.2, 0.25) is 10.0 Å².